The zero-order valence-electron chi connectivity index (χ0n) is 11.3. The van der Waals surface area contributed by atoms with E-state index in [1.54, 1.807) is 0 Å². The molecule has 0 aliphatic heterocycles. The highest BCUT2D eigenvalue weighted by atomic mass is 16.5. The van der Waals surface area contributed by atoms with Crippen LogP contribution in [-0.4, -0.2) is 25.2 Å². The average molecular weight is 274 g/mol. The molecule has 0 spiro atoms. The minimum absolute atomic E-state index is 0.175. The summed E-state index contributed by atoms with van der Waals surface area (Å²) >= 11 is 0. The van der Waals surface area contributed by atoms with Gasteiger partial charge in [0.2, 0.25) is 0 Å². The minimum Gasteiger partial charge on any atom is -0.464 e. The summed E-state index contributed by atoms with van der Waals surface area (Å²) in [5, 5.41) is 0. The van der Waals surface area contributed by atoms with Crippen molar-refractivity contribution in [1.82, 2.24) is 0 Å². The smallest absolute Gasteiger partial charge is 0.310 e. The Morgan fingerprint density at radius 2 is 1.35 bits per heavy atom. The Labute approximate surface area is 119 Å². The van der Waals surface area contributed by atoms with E-state index >= 15 is 0 Å². The number of hydrogen-bond donors (Lipinski definition) is 0. The number of rotatable bonds is 6. The maximum absolute atomic E-state index is 12.0. The van der Waals surface area contributed by atoms with Crippen LogP contribution >= 0.6 is 0 Å². The molecule has 4 heteroatoms. The van der Waals surface area contributed by atoms with Crippen LogP contribution in [0.2, 0.25) is 0 Å². The molecule has 0 fully saturated rings. The van der Waals surface area contributed by atoms with Crippen LogP contribution in [0.5, 0.6) is 0 Å². The number of terminal acetylenes is 2. The van der Waals surface area contributed by atoms with Gasteiger partial charge in [-0.15, -0.1) is 24.7 Å². The molecule has 1 rings (SSSR count). The lowest BCUT2D eigenvalue weighted by Crippen LogP contribution is -2.34. The minimum atomic E-state index is -0.504. The lowest BCUT2D eigenvalue weighted by molar-refractivity contribution is -0.160. The normalized spacial score (nSPS) is 20.5. The van der Waals surface area contributed by atoms with Crippen LogP contribution in [0.1, 0.15) is 25.7 Å². The lowest BCUT2D eigenvalue weighted by atomic mass is 9.83. The number of ether oxygens (including phenoxy) is 2. The fourth-order valence-corrected chi connectivity index (χ4v) is 1.97. The molecule has 0 radical (unpaired) electrons. The molecule has 0 amide bonds. The van der Waals surface area contributed by atoms with Crippen molar-refractivity contribution in [3.05, 3.63) is 12.2 Å². The molecule has 0 saturated carbocycles. The third-order valence-electron chi connectivity index (χ3n) is 3.02. The number of hydrogen-bond acceptors (Lipinski definition) is 4. The third-order valence-corrected chi connectivity index (χ3v) is 3.02. The molecule has 0 saturated heterocycles. The molecule has 0 unspecified atom stereocenters. The molecule has 1 aliphatic carbocycles. The molecular formula is C16H18O4. The monoisotopic (exact) mass is 274 g/mol. The van der Waals surface area contributed by atoms with E-state index in [4.69, 9.17) is 22.3 Å². The number of carbonyl (C=O) groups is 2. The van der Waals surface area contributed by atoms with E-state index in [-0.39, 0.29) is 13.2 Å². The van der Waals surface area contributed by atoms with Gasteiger partial charge < -0.3 is 9.47 Å². The average Bonchev–Trinajstić information content (AvgIpc) is 2.47. The van der Waals surface area contributed by atoms with Gasteiger partial charge in [-0.1, -0.05) is 12.2 Å². The summed E-state index contributed by atoms with van der Waals surface area (Å²) in [5.41, 5.74) is 0. The van der Waals surface area contributed by atoms with Crippen LogP contribution < -0.4 is 0 Å². The van der Waals surface area contributed by atoms with Gasteiger partial charge in [0, 0.05) is 12.8 Å². The first-order chi connectivity index (χ1) is 9.70. The van der Waals surface area contributed by atoms with Gasteiger partial charge in [0.25, 0.3) is 0 Å². The van der Waals surface area contributed by atoms with E-state index in [0.29, 0.717) is 25.7 Å². The van der Waals surface area contributed by atoms with Crippen molar-refractivity contribution in [3.8, 4) is 24.7 Å². The van der Waals surface area contributed by atoms with Crippen LogP contribution in [0.4, 0.5) is 0 Å². The highest BCUT2D eigenvalue weighted by Crippen LogP contribution is 2.28. The standard InChI is InChI=1S/C16H18O4/c1-3-5-11-19-15(17)13-9-7-8-10-14(13)16(18)20-12-6-4-2/h1-2,7-8,13-14H,5-6,9-12H2/t13-,14+. The summed E-state index contributed by atoms with van der Waals surface area (Å²) in [5.74, 6) is 2.98. The fraction of sp³-hybridized carbons (Fsp3) is 0.500. The Kier molecular flexibility index (Phi) is 7.00. The van der Waals surface area contributed by atoms with Gasteiger partial charge in [0.05, 0.1) is 11.8 Å². The number of esters is 2. The molecule has 0 aromatic heterocycles. The van der Waals surface area contributed by atoms with Crippen LogP contribution in [0, 0.1) is 36.5 Å². The lowest BCUT2D eigenvalue weighted by Gasteiger charge is -2.25. The molecule has 0 aromatic rings. The van der Waals surface area contributed by atoms with Crippen molar-refractivity contribution in [3.63, 3.8) is 0 Å². The second-order valence-electron chi connectivity index (χ2n) is 4.40. The maximum Gasteiger partial charge on any atom is 0.310 e. The topological polar surface area (TPSA) is 52.6 Å². The second kappa shape index (κ2) is 8.82. The van der Waals surface area contributed by atoms with E-state index in [1.807, 2.05) is 12.2 Å². The highest BCUT2D eigenvalue weighted by molar-refractivity contribution is 5.82. The molecule has 1 aliphatic rings. The van der Waals surface area contributed by atoms with Gasteiger partial charge in [-0.05, 0) is 12.8 Å². The van der Waals surface area contributed by atoms with Gasteiger partial charge in [-0.25, -0.2) is 0 Å². The summed E-state index contributed by atoms with van der Waals surface area (Å²) in [7, 11) is 0. The molecule has 2 atom stereocenters. The molecule has 0 bridgehead atoms. The van der Waals surface area contributed by atoms with Gasteiger partial charge in [0.1, 0.15) is 13.2 Å². The van der Waals surface area contributed by atoms with Crippen LogP contribution in [0.15, 0.2) is 12.2 Å². The first-order valence-electron chi connectivity index (χ1n) is 6.56. The predicted molar refractivity (Wildman–Crippen MR) is 74.2 cm³/mol. The second-order valence-corrected chi connectivity index (χ2v) is 4.40. The van der Waals surface area contributed by atoms with Crippen molar-refractivity contribution in [2.45, 2.75) is 25.7 Å². The van der Waals surface area contributed by atoms with Crippen molar-refractivity contribution in [2.24, 2.45) is 11.8 Å². The van der Waals surface area contributed by atoms with Gasteiger partial charge in [-0.3, -0.25) is 9.59 Å². The predicted octanol–water partition coefficient (Wildman–Crippen LogP) is 1.70. The Bertz CT molecular complexity index is 408. The van der Waals surface area contributed by atoms with Crippen molar-refractivity contribution in [2.75, 3.05) is 13.2 Å². The molecule has 0 heterocycles. The largest absolute Gasteiger partial charge is 0.464 e. The van der Waals surface area contributed by atoms with E-state index in [0.717, 1.165) is 0 Å². The summed E-state index contributed by atoms with van der Waals surface area (Å²) in [6.07, 6.45) is 15.6. The zero-order chi connectivity index (χ0) is 14.8. The summed E-state index contributed by atoms with van der Waals surface area (Å²) in [6.45, 7) is 0.350. The van der Waals surface area contributed by atoms with Crippen molar-refractivity contribution >= 4 is 11.9 Å². The third kappa shape index (κ3) is 4.82. The van der Waals surface area contributed by atoms with E-state index in [9.17, 15) is 9.59 Å². The summed E-state index contributed by atoms with van der Waals surface area (Å²) in [4.78, 5) is 23.9. The van der Waals surface area contributed by atoms with Crippen molar-refractivity contribution in [1.29, 1.82) is 0 Å². The van der Waals surface area contributed by atoms with Gasteiger partial charge >= 0.3 is 11.9 Å². The van der Waals surface area contributed by atoms with Gasteiger partial charge in [0.15, 0.2) is 0 Å². The van der Waals surface area contributed by atoms with Crippen molar-refractivity contribution < 1.29 is 19.1 Å². The Morgan fingerprint density at radius 1 is 0.950 bits per heavy atom. The number of carbonyl (C=O) groups excluding carboxylic acids is 2. The Morgan fingerprint density at radius 3 is 1.70 bits per heavy atom. The van der Waals surface area contributed by atoms with Gasteiger partial charge in [-0.2, -0.15) is 0 Å². The fourth-order valence-electron chi connectivity index (χ4n) is 1.97. The van der Waals surface area contributed by atoms with E-state index in [1.165, 1.54) is 0 Å². The highest BCUT2D eigenvalue weighted by Gasteiger charge is 2.36. The summed E-state index contributed by atoms with van der Waals surface area (Å²) in [6, 6.07) is 0. The first kappa shape index (κ1) is 15.9. The van der Waals surface area contributed by atoms with Crippen LogP contribution in [0.3, 0.4) is 0 Å². The van der Waals surface area contributed by atoms with Crippen LogP contribution in [-0.2, 0) is 19.1 Å². The molecule has 0 N–H and O–H groups in total. The molecule has 0 aromatic carbocycles. The van der Waals surface area contributed by atoms with E-state index in [2.05, 4.69) is 11.8 Å². The number of allylic oxidation sites excluding steroid dienone is 2. The molecule has 106 valence electrons. The first-order valence-corrected chi connectivity index (χ1v) is 6.56. The van der Waals surface area contributed by atoms with Crippen LogP contribution in [0.25, 0.3) is 0 Å². The zero-order valence-corrected chi connectivity index (χ0v) is 11.3. The SMILES string of the molecule is C#CCCOC(=O)[C@H]1CC=CC[C@H]1C(=O)OCCC#C. The Hall–Kier alpha value is -2.20. The summed E-state index contributed by atoms with van der Waals surface area (Å²) < 4.78 is 10.1. The Balaban J connectivity index is 2.56. The quantitative estimate of drug-likeness (QED) is 0.320. The molecule has 20 heavy (non-hydrogen) atoms. The molecule has 4 nitrogen and oxygen atoms in total. The van der Waals surface area contributed by atoms with E-state index < -0.39 is 23.8 Å². The molecular weight excluding hydrogens is 256 g/mol. The maximum atomic E-state index is 12.0.